The number of nitrogens with one attached hydrogen (secondary N) is 2. The maximum absolute atomic E-state index is 12.1. The molecular weight excluding hydrogens is 422 g/mol. The van der Waals surface area contributed by atoms with Gasteiger partial charge in [0.2, 0.25) is 0 Å². The van der Waals surface area contributed by atoms with Crippen LogP contribution in [0.25, 0.3) is 0 Å². The third kappa shape index (κ3) is 5.42. The molecule has 142 valence electrons. The predicted octanol–water partition coefficient (Wildman–Crippen LogP) is 2.59. The molecule has 0 heterocycles. The van der Waals surface area contributed by atoms with Crippen LogP contribution in [0.2, 0.25) is 0 Å². The Morgan fingerprint density at radius 3 is 2.37 bits per heavy atom. The number of methoxy groups -OCH3 is 1. The Bertz CT molecular complexity index is 856. The van der Waals surface area contributed by atoms with E-state index in [2.05, 4.69) is 26.8 Å². The first-order valence-corrected chi connectivity index (χ1v) is 8.46. The van der Waals surface area contributed by atoms with Gasteiger partial charge in [0.25, 0.3) is 17.5 Å². The molecule has 2 aromatic carbocycles. The van der Waals surface area contributed by atoms with Crippen LogP contribution in [0.3, 0.4) is 0 Å². The van der Waals surface area contributed by atoms with Gasteiger partial charge in [0.1, 0.15) is 11.5 Å². The van der Waals surface area contributed by atoms with E-state index in [4.69, 9.17) is 9.47 Å². The van der Waals surface area contributed by atoms with E-state index in [-0.39, 0.29) is 11.4 Å². The molecule has 0 radical (unpaired) electrons. The van der Waals surface area contributed by atoms with Crippen molar-refractivity contribution in [1.82, 2.24) is 10.9 Å². The fourth-order valence-corrected chi connectivity index (χ4v) is 2.54. The molecule has 0 aromatic heterocycles. The summed E-state index contributed by atoms with van der Waals surface area (Å²) in [6, 6.07) is 10.0. The van der Waals surface area contributed by atoms with E-state index < -0.39 is 22.8 Å². The minimum Gasteiger partial charge on any atom is -0.496 e. The van der Waals surface area contributed by atoms with Crippen LogP contribution in [0.1, 0.15) is 17.3 Å². The highest BCUT2D eigenvalue weighted by Crippen LogP contribution is 2.25. The summed E-state index contributed by atoms with van der Waals surface area (Å²) in [7, 11) is 1.51. The summed E-state index contributed by atoms with van der Waals surface area (Å²) in [6.07, 6.45) is -0.936. The number of carbonyl (C=O) groups excluding carboxylic acids is 2. The number of amides is 2. The van der Waals surface area contributed by atoms with Crippen molar-refractivity contribution in [3.63, 3.8) is 0 Å². The average molecular weight is 438 g/mol. The summed E-state index contributed by atoms with van der Waals surface area (Å²) < 4.78 is 11.1. The summed E-state index contributed by atoms with van der Waals surface area (Å²) in [4.78, 5) is 34.2. The lowest BCUT2D eigenvalue weighted by molar-refractivity contribution is -0.384. The number of nitrogens with zero attached hydrogens (tertiary/aromatic N) is 1. The number of nitro groups is 1. The number of nitro benzene ring substituents is 1. The second-order valence-electron chi connectivity index (χ2n) is 5.30. The molecule has 0 bridgehead atoms. The molecule has 2 rings (SSSR count). The van der Waals surface area contributed by atoms with E-state index in [0.717, 1.165) is 0 Å². The first-order chi connectivity index (χ1) is 12.8. The molecule has 9 nitrogen and oxygen atoms in total. The smallest absolute Gasteiger partial charge is 0.279 e. The molecule has 2 N–H and O–H groups in total. The standard InChI is InChI=1S/C17H16BrN3O6/c1-10(27-13-6-4-12(5-7-13)21(24)25)16(22)19-20-17(23)11-3-8-15(26-2)14(18)9-11/h3-10H,1-2H3,(H,19,22)(H,20,23). The predicted molar refractivity (Wildman–Crippen MR) is 99.5 cm³/mol. The first-order valence-electron chi connectivity index (χ1n) is 7.66. The van der Waals surface area contributed by atoms with Crippen molar-refractivity contribution in [2.75, 3.05) is 7.11 Å². The molecule has 2 amide bonds. The molecule has 2 aromatic rings. The van der Waals surface area contributed by atoms with E-state index >= 15 is 0 Å². The highest BCUT2D eigenvalue weighted by molar-refractivity contribution is 9.10. The molecule has 1 unspecified atom stereocenters. The third-order valence-corrected chi connectivity index (χ3v) is 4.06. The summed E-state index contributed by atoms with van der Waals surface area (Å²) in [6.45, 7) is 1.48. The van der Waals surface area contributed by atoms with Gasteiger partial charge in [0.15, 0.2) is 6.10 Å². The normalized spacial score (nSPS) is 11.2. The fraction of sp³-hybridized carbons (Fsp3) is 0.176. The lowest BCUT2D eigenvalue weighted by Gasteiger charge is -2.15. The van der Waals surface area contributed by atoms with Gasteiger partial charge in [-0.25, -0.2) is 0 Å². The van der Waals surface area contributed by atoms with Crippen LogP contribution in [0.15, 0.2) is 46.9 Å². The quantitative estimate of drug-likeness (QED) is 0.529. The lowest BCUT2D eigenvalue weighted by atomic mass is 10.2. The Kier molecular flexibility index (Phi) is 6.72. The van der Waals surface area contributed by atoms with Crippen molar-refractivity contribution in [3.05, 3.63) is 62.6 Å². The average Bonchev–Trinajstić information content (AvgIpc) is 2.66. The molecule has 27 heavy (non-hydrogen) atoms. The molecule has 0 aliphatic rings. The molecular formula is C17H16BrN3O6. The topological polar surface area (TPSA) is 120 Å². The first kappa shape index (κ1) is 20.2. The monoisotopic (exact) mass is 437 g/mol. The van der Waals surface area contributed by atoms with Crippen molar-refractivity contribution in [1.29, 1.82) is 0 Å². The second kappa shape index (κ2) is 8.99. The van der Waals surface area contributed by atoms with Crippen molar-refractivity contribution in [2.24, 2.45) is 0 Å². The van der Waals surface area contributed by atoms with Crippen LogP contribution in [-0.2, 0) is 4.79 Å². The van der Waals surface area contributed by atoms with E-state index in [1.54, 1.807) is 18.2 Å². The van der Waals surface area contributed by atoms with E-state index in [9.17, 15) is 19.7 Å². The van der Waals surface area contributed by atoms with Crippen LogP contribution in [0, 0.1) is 10.1 Å². The minimum atomic E-state index is -0.936. The van der Waals surface area contributed by atoms with Crippen LogP contribution in [-0.4, -0.2) is 30.0 Å². The number of hydrogen-bond acceptors (Lipinski definition) is 6. The Morgan fingerprint density at radius 2 is 1.81 bits per heavy atom. The molecule has 0 aliphatic heterocycles. The van der Waals surface area contributed by atoms with Crippen molar-refractivity contribution >= 4 is 33.4 Å². The third-order valence-electron chi connectivity index (χ3n) is 3.44. The Balaban J connectivity index is 1.89. The molecule has 1 atom stereocenters. The van der Waals surface area contributed by atoms with Crippen molar-refractivity contribution in [3.8, 4) is 11.5 Å². The van der Waals surface area contributed by atoms with Gasteiger partial charge >= 0.3 is 0 Å². The maximum Gasteiger partial charge on any atom is 0.279 e. The van der Waals surface area contributed by atoms with Gasteiger partial charge in [-0.05, 0) is 53.2 Å². The van der Waals surface area contributed by atoms with Crippen LogP contribution in [0.5, 0.6) is 11.5 Å². The highest BCUT2D eigenvalue weighted by atomic mass is 79.9. The number of benzene rings is 2. The van der Waals surface area contributed by atoms with Gasteiger partial charge in [-0.3, -0.25) is 30.6 Å². The summed E-state index contributed by atoms with van der Waals surface area (Å²) in [5.74, 6) is -0.252. The van der Waals surface area contributed by atoms with Crippen LogP contribution < -0.4 is 20.3 Å². The molecule has 0 aliphatic carbocycles. The van der Waals surface area contributed by atoms with Crippen LogP contribution in [0.4, 0.5) is 5.69 Å². The zero-order valence-electron chi connectivity index (χ0n) is 14.4. The van der Waals surface area contributed by atoms with E-state index in [1.165, 1.54) is 38.3 Å². The SMILES string of the molecule is COc1ccc(C(=O)NNC(=O)C(C)Oc2ccc([N+](=O)[O-])cc2)cc1Br. The number of ether oxygens (including phenoxy) is 2. The number of halogens is 1. The molecule has 0 spiro atoms. The van der Waals surface area contributed by atoms with Gasteiger partial charge in [-0.15, -0.1) is 0 Å². The fourth-order valence-electron chi connectivity index (χ4n) is 2.00. The minimum absolute atomic E-state index is 0.0858. The highest BCUT2D eigenvalue weighted by Gasteiger charge is 2.17. The molecule has 0 fully saturated rings. The van der Waals surface area contributed by atoms with Crippen molar-refractivity contribution < 1.29 is 24.0 Å². The number of hydrazine groups is 1. The number of hydrogen-bond donors (Lipinski definition) is 2. The van der Waals surface area contributed by atoms with Gasteiger partial charge in [-0.2, -0.15) is 0 Å². The number of carbonyl (C=O) groups is 2. The number of non-ortho nitro benzene ring substituents is 1. The summed E-state index contributed by atoms with van der Waals surface area (Å²) in [5, 5.41) is 10.6. The Hall–Kier alpha value is -3.14. The van der Waals surface area contributed by atoms with Crippen molar-refractivity contribution in [2.45, 2.75) is 13.0 Å². The summed E-state index contributed by atoms with van der Waals surface area (Å²) in [5.41, 5.74) is 4.77. The van der Waals surface area contributed by atoms with E-state index in [0.29, 0.717) is 15.8 Å². The zero-order chi connectivity index (χ0) is 20.0. The van der Waals surface area contributed by atoms with Gasteiger partial charge < -0.3 is 9.47 Å². The van der Waals surface area contributed by atoms with Gasteiger partial charge in [0.05, 0.1) is 16.5 Å². The van der Waals surface area contributed by atoms with Crippen LogP contribution >= 0.6 is 15.9 Å². The second-order valence-corrected chi connectivity index (χ2v) is 6.16. The van der Waals surface area contributed by atoms with Gasteiger partial charge in [-0.1, -0.05) is 0 Å². The molecule has 0 saturated heterocycles. The maximum atomic E-state index is 12.1. The lowest BCUT2D eigenvalue weighted by Crippen LogP contribution is -2.47. The molecule has 0 saturated carbocycles. The van der Waals surface area contributed by atoms with E-state index in [1.807, 2.05) is 0 Å². The Labute approximate surface area is 162 Å². The van der Waals surface area contributed by atoms with Gasteiger partial charge in [0, 0.05) is 17.7 Å². The summed E-state index contributed by atoms with van der Waals surface area (Å²) >= 11 is 3.28. The Morgan fingerprint density at radius 1 is 1.15 bits per heavy atom. The molecule has 10 heteroatoms. The largest absolute Gasteiger partial charge is 0.496 e. The number of rotatable bonds is 6. The zero-order valence-corrected chi connectivity index (χ0v) is 16.0.